The van der Waals surface area contributed by atoms with Gasteiger partial charge in [0.05, 0.1) is 6.20 Å². The molecular weight excluding hydrogens is 692 g/mol. The highest BCUT2D eigenvalue weighted by molar-refractivity contribution is 5.93. The fourth-order valence-corrected chi connectivity index (χ4v) is 6.08. The van der Waals surface area contributed by atoms with E-state index in [0.717, 1.165) is 9.80 Å². The first-order valence-electron chi connectivity index (χ1n) is 15.9. The Morgan fingerprint density at radius 3 is 1.55 bits per heavy atom. The molecule has 2 saturated heterocycles. The highest BCUT2D eigenvalue weighted by Gasteiger charge is 2.48. The van der Waals surface area contributed by atoms with Crippen LogP contribution >= 0.6 is 0 Å². The Bertz CT molecular complexity index is 1610. The molecule has 0 radical (unpaired) electrons. The lowest BCUT2D eigenvalue weighted by atomic mass is 10.1. The number of aliphatic hydroxyl groups is 2. The third-order valence-corrected chi connectivity index (χ3v) is 8.62. The minimum Gasteiger partial charge on any atom is -0.436 e. The number of anilines is 2. The van der Waals surface area contributed by atoms with Crippen molar-refractivity contribution in [2.75, 3.05) is 23.7 Å². The number of rotatable bonds is 10. The maximum atomic E-state index is 12.8. The van der Waals surface area contributed by atoms with E-state index in [9.17, 15) is 55.7 Å². The largest absolute Gasteiger partial charge is 0.436 e. The molecule has 2 aliphatic rings. The predicted octanol–water partition coefficient (Wildman–Crippen LogP) is 4.49. The van der Waals surface area contributed by atoms with Crippen molar-refractivity contribution in [2.45, 2.75) is 75.2 Å². The molecule has 2 unspecified atom stereocenters. The van der Waals surface area contributed by atoms with Gasteiger partial charge < -0.3 is 35.1 Å². The van der Waals surface area contributed by atoms with Gasteiger partial charge in [-0.2, -0.15) is 26.3 Å². The van der Waals surface area contributed by atoms with Gasteiger partial charge >= 0.3 is 12.4 Å². The van der Waals surface area contributed by atoms with Gasteiger partial charge in [-0.05, 0) is 74.2 Å². The molecule has 4 amide bonds. The van der Waals surface area contributed by atoms with Crippen molar-refractivity contribution in [3.63, 3.8) is 0 Å². The number of carbonyl (C=O) groups is 4. The van der Waals surface area contributed by atoms with Crippen LogP contribution in [0.1, 0.15) is 38.5 Å². The third kappa shape index (κ3) is 9.04. The molecule has 4 N–H and O–H groups in total. The van der Waals surface area contributed by atoms with Crippen molar-refractivity contribution >= 4 is 35.0 Å². The highest BCUT2D eigenvalue weighted by Crippen LogP contribution is 2.31. The predicted molar refractivity (Wildman–Crippen MR) is 167 cm³/mol. The molecule has 2 aliphatic heterocycles. The van der Waals surface area contributed by atoms with Crippen molar-refractivity contribution in [3.8, 4) is 22.8 Å². The normalized spacial score (nSPS) is 19.1. The van der Waals surface area contributed by atoms with Crippen LogP contribution in [0.5, 0.6) is 0 Å². The van der Waals surface area contributed by atoms with Gasteiger partial charge in [0.15, 0.2) is 5.76 Å². The molecule has 3 heterocycles. The van der Waals surface area contributed by atoms with Crippen LogP contribution in [0.2, 0.25) is 0 Å². The first-order chi connectivity index (χ1) is 24.0. The molecule has 12 nitrogen and oxygen atoms in total. The van der Waals surface area contributed by atoms with Crippen molar-refractivity contribution in [1.82, 2.24) is 14.8 Å². The van der Waals surface area contributed by atoms with E-state index in [-0.39, 0.29) is 31.8 Å². The minimum absolute atomic E-state index is 0.00716. The molecular formula is C33H33F6N5O7. The smallest absolute Gasteiger partial charge is 0.423 e. The minimum atomic E-state index is -5.10. The van der Waals surface area contributed by atoms with E-state index in [1.54, 1.807) is 48.5 Å². The van der Waals surface area contributed by atoms with Crippen LogP contribution in [0.25, 0.3) is 22.8 Å². The zero-order valence-corrected chi connectivity index (χ0v) is 26.7. The number of hydrogen-bond donors (Lipinski definition) is 4. The molecule has 18 heteroatoms. The van der Waals surface area contributed by atoms with Gasteiger partial charge in [-0.1, -0.05) is 0 Å². The Labute approximate surface area is 286 Å². The number of alkyl halides is 6. The first-order valence-corrected chi connectivity index (χ1v) is 15.9. The van der Waals surface area contributed by atoms with E-state index in [1.807, 2.05) is 0 Å². The molecule has 2 aromatic carbocycles. The Morgan fingerprint density at radius 2 is 1.14 bits per heavy atom. The SMILES string of the molecule is O=C(C[C@@H]1CCCN1C(=O)C(O)C(F)(F)F)Nc1ccc(-c2cnc(-c3ccc(NC(=O)C[C@@H]4CCCN4C(=O)C(O)C(F)(F)F)cc3)o2)cc1. The molecule has 274 valence electrons. The van der Waals surface area contributed by atoms with Crippen LogP contribution in [-0.4, -0.2) is 98.4 Å². The van der Waals surface area contributed by atoms with Gasteiger partial charge in [-0.15, -0.1) is 0 Å². The number of nitrogens with one attached hydrogen (secondary N) is 2. The summed E-state index contributed by atoms with van der Waals surface area (Å²) >= 11 is 0. The van der Waals surface area contributed by atoms with Gasteiger partial charge in [0.1, 0.15) is 0 Å². The summed E-state index contributed by atoms with van der Waals surface area (Å²) < 4.78 is 82.7. The fraction of sp³-hybridized carbons (Fsp3) is 0.424. The van der Waals surface area contributed by atoms with E-state index in [4.69, 9.17) is 4.42 Å². The van der Waals surface area contributed by atoms with Gasteiger partial charge in [0.2, 0.25) is 29.9 Å². The number of aliphatic hydroxyl groups excluding tert-OH is 2. The molecule has 1 aromatic heterocycles. The van der Waals surface area contributed by atoms with Crippen LogP contribution in [0.15, 0.2) is 59.1 Å². The second-order valence-electron chi connectivity index (χ2n) is 12.2. The van der Waals surface area contributed by atoms with E-state index >= 15 is 0 Å². The molecule has 0 spiro atoms. The van der Waals surface area contributed by atoms with Gasteiger partial charge in [0.25, 0.3) is 11.8 Å². The Kier molecular flexibility index (Phi) is 11.0. The quantitative estimate of drug-likeness (QED) is 0.222. The Morgan fingerprint density at radius 1 is 0.725 bits per heavy atom. The summed E-state index contributed by atoms with van der Waals surface area (Å²) in [6.07, 6.45) is -14.1. The Hall–Kier alpha value is -4.97. The number of amides is 4. The number of likely N-dealkylation sites (tertiary alicyclic amines) is 2. The molecule has 0 bridgehead atoms. The van der Waals surface area contributed by atoms with Crippen LogP contribution in [0.3, 0.4) is 0 Å². The van der Waals surface area contributed by atoms with E-state index in [2.05, 4.69) is 15.6 Å². The van der Waals surface area contributed by atoms with Crippen molar-refractivity contribution in [3.05, 3.63) is 54.7 Å². The molecule has 0 aliphatic carbocycles. The summed E-state index contributed by atoms with van der Waals surface area (Å²) in [5.74, 6) is -3.37. The Balaban J connectivity index is 1.12. The molecule has 51 heavy (non-hydrogen) atoms. The number of hydrogen-bond acceptors (Lipinski definition) is 8. The maximum Gasteiger partial charge on any atom is 0.423 e. The monoisotopic (exact) mass is 725 g/mol. The van der Waals surface area contributed by atoms with Crippen LogP contribution in [0, 0.1) is 0 Å². The lowest BCUT2D eigenvalue weighted by Gasteiger charge is -2.27. The summed E-state index contributed by atoms with van der Waals surface area (Å²) in [4.78, 5) is 55.6. The number of carbonyl (C=O) groups excluding carboxylic acids is 4. The summed E-state index contributed by atoms with van der Waals surface area (Å²) in [5.41, 5.74) is 1.93. The maximum absolute atomic E-state index is 12.8. The number of halogens is 6. The lowest BCUT2D eigenvalue weighted by Crippen LogP contribution is -2.48. The van der Waals surface area contributed by atoms with Crippen LogP contribution in [0.4, 0.5) is 37.7 Å². The molecule has 2 fully saturated rings. The second kappa shape index (κ2) is 15.1. The van der Waals surface area contributed by atoms with E-state index in [1.165, 1.54) is 6.20 Å². The van der Waals surface area contributed by atoms with Crippen LogP contribution in [-0.2, 0) is 19.2 Å². The number of oxazole rings is 1. The standard InChI is InChI=1S/C33H33F6N5O7/c34-32(35,36)27(47)30(49)43-13-1-3-22(43)15-25(45)41-20-9-5-18(6-10-20)24-17-40-29(51-24)19-7-11-21(12-8-19)42-26(46)16-23-4-2-14-44(23)31(50)28(48)33(37,38)39/h5-12,17,22-23,27-28,47-48H,1-4,13-16H2,(H,41,45)(H,42,46)/t22-,23-,27?,28?/m0/s1. The summed E-state index contributed by atoms with van der Waals surface area (Å²) in [7, 11) is 0. The number of benzene rings is 2. The van der Waals surface area contributed by atoms with E-state index < -0.39 is 60.3 Å². The molecule has 0 saturated carbocycles. The first kappa shape index (κ1) is 37.3. The van der Waals surface area contributed by atoms with Crippen molar-refractivity contribution in [2.24, 2.45) is 0 Å². The highest BCUT2D eigenvalue weighted by atomic mass is 19.4. The average molecular weight is 726 g/mol. The lowest BCUT2D eigenvalue weighted by molar-refractivity contribution is -0.212. The molecule has 3 aromatic rings. The second-order valence-corrected chi connectivity index (χ2v) is 12.2. The fourth-order valence-electron chi connectivity index (χ4n) is 6.08. The van der Waals surface area contributed by atoms with Crippen LogP contribution < -0.4 is 10.6 Å². The van der Waals surface area contributed by atoms with Gasteiger partial charge in [-0.3, -0.25) is 19.2 Å². The van der Waals surface area contributed by atoms with Gasteiger partial charge in [0, 0.05) is 60.5 Å². The van der Waals surface area contributed by atoms with Gasteiger partial charge in [-0.25, -0.2) is 4.98 Å². The zero-order chi connectivity index (χ0) is 37.1. The third-order valence-electron chi connectivity index (χ3n) is 8.62. The zero-order valence-electron chi connectivity index (χ0n) is 26.7. The van der Waals surface area contributed by atoms with Crippen molar-refractivity contribution in [1.29, 1.82) is 0 Å². The average Bonchev–Trinajstić information content (AvgIpc) is 3.85. The molecule has 4 atom stereocenters. The summed E-state index contributed by atoms with van der Waals surface area (Å²) in [6.45, 7) is 0.0153. The summed E-state index contributed by atoms with van der Waals surface area (Å²) in [5, 5.41) is 24.0. The number of nitrogens with zero attached hydrogens (tertiary/aromatic N) is 3. The topological polar surface area (TPSA) is 165 Å². The summed E-state index contributed by atoms with van der Waals surface area (Å²) in [6, 6.07) is 11.3. The molecule has 5 rings (SSSR count). The van der Waals surface area contributed by atoms with E-state index in [0.29, 0.717) is 53.9 Å². The van der Waals surface area contributed by atoms with Crippen molar-refractivity contribution < 1.29 is 60.2 Å². The number of aromatic nitrogens is 1.